The highest BCUT2D eigenvalue weighted by Crippen LogP contribution is 2.35. The predicted octanol–water partition coefficient (Wildman–Crippen LogP) is 0.478. The van der Waals surface area contributed by atoms with Gasteiger partial charge in [-0.15, -0.1) is 0 Å². The summed E-state index contributed by atoms with van der Waals surface area (Å²) >= 11 is 0. The molecule has 4 nitrogen and oxygen atoms in total. The average Bonchev–Trinajstić information content (AvgIpc) is 2.81. The lowest BCUT2D eigenvalue weighted by Crippen LogP contribution is -2.44. The van der Waals surface area contributed by atoms with Crippen LogP contribution in [0.15, 0.2) is 4.99 Å². The molecule has 0 aromatic carbocycles. The second-order valence-electron chi connectivity index (χ2n) is 4.73. The van der Waals surface area contributed by atoms with E-state index in [0.29, 0.717) is 6.61 Å². The van der Waals surface area contributed by atoms with Gasteiger partial charge in [0, 0.05) is 18.5 Å². The molecule has 1 heterocycles. The Bertz CT molecular complexity index is 234. The minimum absolute atomic E-state index is 0.102. The molecule has 0 aromatic rings. The Labute approximate surface area is 91.2 Å². The van der Waals surface area contributed by atoms with Crippen LogP contribution in [0.5, 0.6) is 0 Å². The van der Waals surface area contributed by atoms with Crippen LogP contribution in [0.4, 0.5) is 0 Å². The zero-order chi connectivity index (χ0) is 10.6. The van der Waals surface area contributed by atoms with Crippen molar-refractivity contribution >= 4 is 5.96 Å². The van der Waals surface area contributed by atoms with Crippen molar-refractivity contribution in [2.45, 2.75) is 32.1 Å². The Morgan fingerprint density at radius 3 is 2.73 bits per heavy atom. The molecular weight excluding hydrogens is 190 g/mol. The fourth-order valence-electron chi connectivity index (χ4n) is 2.48. The van der Waals surface area contributed by atoms with E-state index in [1.165, 1.54) is 19.3 Å². The third-order valence-corrected chi connectivity index (χ3v) is 3.55. The minimum Gasteiger partial charge on any atom is -0.396 e. The van der Waals surface area contributed by atoms with Gasteiger partial charge in [0.25, 0.3) is 0 Å². The van der Waals surface area contributed by atoms with Crippen LogP contribution in [0.25, 0.3) is 0 Å². The van der Waals surface area contributed by atoms with Crippen LogP contribution in [0.2, 0.25) is 0 Å². The predicted molar refractivity (Wildman–Crippen MR) is 60.9 cm³/mol. The first-order chi connectivity index (χ1) is 7.35. The van der Waals surface area contributed by atoms with Crippen LogP contribution in [0.1, 0.15) is 32.1 Å². The first-order valence-corrected chi connectivity index (χ1v) is 5.98. The van der Waals surface area contributed by atoms with Gasteiger partial charge in [-0.2, -0.15) is 0 Å². The molecule has 0 spiro atoms. The van der Waals surface area contributed by atoms with Crippen molar-refractivity contribution in [2.24, 2.45) is 10.4 Å². The largest absolute Gasteiger partial charge is 0.396 e. The molecule has 0 saturated heterocycles. The zero-order valence-corrected chi connectivity index (χ0v) is 9.26. The highest BCUT2D eigenvalue weighted by atomic mass is 16.3. The summed E-state index contributed by atoms with van der Waals surface area (Å²) in [7, 11) is 0. The number of aliphatic imine (C=N–C) groups is 1. The number of aliphatic hydroxyl groups is 1. The Morgan fingerprint density at radius 1 is 1.33 bits per heavy atom. The van der Waals surface area contributed by atoms with Crippen LogP contribution < -0.4 is 10.6 Å². The minimum atomic E-state index is 0.102. The summed E-state index contributed by atoms with van der Waals surface area (Å²) in [4.78, 5) is 4.30. The maximum Gasteiger partial charge on any atom is 0.191 e. The zero-order valence-electron chi connectivity index (χ0n) is 9.26. The maximum absolute atomic E-state index is 9.52. The molecule has 3 N–H and O–H groups in total. The molecule has 2 rings (SSSR count). The Hall–Kier alpha value is -0.770. The van der Waals surface area contributed by atoms with E-state index in [4.69, 9.17) is 0 Å². The third-order valence-electron chi connectivity index (χ3n) is 3.55. The molecule has 0 radical (unpaired) electrons. The number of hydrogen-bond donors (Lipinski definition) is 3. The number of hydrogen-bond acceptors (Lipinski definition) is 4. The van der Waals surface area contributed by atoms with E-state index in [9.17, 15) is 5.11 Å². The lowest BCUT2D eigenvalue weighted by Gasteiger charge is -2.35. The molecule has 4 heteroatoms. The topological polar surface area (TPSA) is 56.6 Å². The lowest BCUT2D eigenvalue weighted by atomic mass is 9.74. The van der Waals surface area contributed by atoms with Crippen LogP contribution >= 0.6 is 0 Å². The van der Waals surface area contributed by atoms with Crippen molar-refractivity contribution in [3.8, 4) is 0 Å². The van der Waals surface area contributed by atoms with Crippen molar-refractivity contribution < 1.29 is 5.11 Å². The number of rotatable bonds is 3. The summed E-state index contributed by atoms with van der Waals surface area (Å²) in [6, 6.07) is 0. The van der Waals surface area contributed by atoms with E-state index in [0.717, 1.165) is 38.4 Å². The Balaban J connectivity index is 1.83. The van der Waals surface area contributed by atoms with Crippen LogP contribution in [0.3, 0.4) is 0 Å². The first-order valence-electron chi connectivity index (χ1n) is 5.98. The van der Waals surface area contributed by atoms with E-state index < -0.39 is 0 Å². The Kier molecular flexibility index (Phi) is 3.46. The number of nitrogens with zero attached hydrogens (tertiary/aromatic N) is 1. The third kappa shape index (κ3) is 2.62. The van der Waals surface area contributed by atoms with Crippen LogP contribution in [-0.4, -0.2) is 37.3 Å². The van der Waals surface area contributed by atoms with Gasteiger partial charge in [0.2, 0.25) is 0 Å². The summed E-state index contributed by atoms with van der Waals surface area (Å²) < 4.78 is 0. The van der Waals surface area contributed by atoms with E-state index in [1.54, 1.807) is 0 Å². The molecule has 1 aliphatic heterocycles. The quantitative estimate of drug-likeness (QED) is 0.636. The van der Waals surface area contributed by atoms with Gasteiger partial charge in [-0.05, 0) is 12.8 Å². The van der Waals surface area contributed by atoms with Crippen LogP contribution in [-0.2, 0) is 0 Å². The van der Waals surface area contributed by atoms with Gasteiger partial charge in [-0.3, -0.25) is 4.99 Å². The molecule has 0 atom stereocenters. The van der Waals surface area contributed by atoms with Gasteiger partial charge >= 0.3 is 0 Å². The molecular formula is C11H21N3O. The van der Waals surface area contributed by atoms with E-state index in [2.05, 4.69) is 15.6 Å². The summed E-state index contributed by atoms with van der Waals surface area (Å²) in [5.74, 6) is 0.911. The summed E-state index contributed by atoms with van der Waals surface area (Å²) in [5, 5.41) is 16.0. The standard InChI is InChI=1S/C11H21N3O/c15-9-11(4-2-1-3-5-11)8-14-10-12-6-7-13-10/h15H,1-9H2,(H2,12,13,14). The molecule has 86 valence electrons. The summed E-state index contributed by atoms with van der Waals surface area (Å²) in [6.45, 7) is 2.96. The normalized spacial score (nSPS) is 24.5. The van der Waals surface area contributed by atoms with Crippen molar-refractivity contribution in [3.63, 3.8) is 0 Å². The monoisotopic (exact) mass is 211 g/mol. The fraction of sp³-hybridized carbons (Fsp3) is 0.909. The van der Waals surface area contributed by atoms with Crippen LogP contribution in [0, 0.1) is 5.41 Å². The average molecular weight is 211 g/mol. The van der Waals surface area contributed by atoms with E-state index in [-0.39, 0.29) is 5.41 Å². The van der Waals surface area contributed by atoms with E-state index in [1.807, 2.05) is 0 Å². The highest BCUT2D eigenvalue weighted by molar-refractivity contribution is 5.81. The van der Waals surface area contributed by atoms with Gasteiger partial charge in [0.05, 0.1) is 13.2 Å². The van der Waals surface area contributed by atoms with E-state index >= 15 is 0 Å². The van der Waals surface area contributed by atoms with Gasteiger partial charge < -0.3 is 15.7 Å². The second kappa shape index (κ2) is 4.84. The molecule has 15 heavy (non-hydrogen) atoms. The molecule has 1 aliphatic carbocycles. The molecule has 0 bridgehead atoms. The fourth-order valence-corrected chi connectivity index (χ4v) is 2.48. The van der Waals surface area contributed by atoms with Gasteiger partial charge in [-0.25, -0.2) is 0 Å². The number of guanidine groups is 1. The second-order valence-corrected chi connectivity index (χ2v) is 4.73. The molecule has 1 fully saturated rings. The molecule has 0 aromatic heterocycles. The van der Waals surface area contributed by atoms with Crippen molar-refractivity contribution in [2.75, 3.05) is 26.2 Å². The van der Waals surface area contributed by atoms with Gasteiger partial charge in [0.1, 0.15) is 0 Å². The molecule has 1 saturated carbocycles. The summed E-state index contributed by atoms with van der Waals surface area (Å²) in [6.07, 6.45) is 6.11. The first kappa shape index (κ1) is 10.7. The van der Waals surface area contributed by atoms with Gasteiger partial charge in [-0.1, -0.05) is 19.3 Å². The lowest BCUT2D eigenvalue weighted by molar-refractivity contribution is 0.0858. The number of nitrogens with one attached hydrogen (secondary N) is 2. The smallest absolute Gasteiger partial charge is 0.191 e. The SMILES string of the molecule is OCC1(CNC2=NCCN2)CCCCC1. The Morgan fingerprint density at radius 2 is 2.13 bits per heavy atom. The summed E-state index contributed by atoms with van der Waals surface area (Å²) in [5.41, 5.74) is 0.102. The molecule has 2 aliphatic rings. The molecule has 0 unspecified atom stereocenters. The van der Waals surface area contributed by atoms with Gasteiger partial charge in [0.15, 0.2) is 5.96 Å². The van der Waals surface area contributed by atoms with Crippen molar-refractivity contribution in [1.82, 2.24) is 10.6 Å². The van der Waals surface area contributed by atoms with Crippen molar-refractivity contribution in [1.29, 1.82) is 0 Å². The number of aliphatic hydroxyl groups excluding tert-OH is 1. The molecule has 0 amide bonds. The highest BCUT2D eigenvalue weighted by Gasteiger charge is 2.31. The van der Waals surface area contributed by atoms with Crippen molar-refractivity contribution in [3.05, 3.63) is 0 Å². The maximum atomic E-state index is 9.52.